The van der Waals surface area contributed by atoms with E-state index in [-0.39, 0.29) is 11.2 Å². The predicted octanol–water partition coefficient (Wildman–Crippen LogP) is 3.50. The Labute approximate surface area is 154 Å². The molecule has 0 spiro atoms. The second-order valence-corrected chi connectivity index (χ2v) is 6.32. The van der Waals surface area contributed by atoms with Gasteiger partial charge in [-0.1, -0.05) is 30.3 Å². The molecule has 0 aliphatic rings. The van der Waals surface area contributed by atoms with Crippen molar-refractivity contribution in [1.82, 2.24) is 14.6 Å². The monoisotopic (exact) mass is 360 g/mol. The zero-order valence-electron chi connectivity index (χ0n) is 14.5. The average Bonchev–Trinajstić information content (AvgIpc) is 2.99. The van der Waals surface area contributed by atoms with Gasteiger partial charge in [-0.05, 0) is 30.2 Å². The summed E-state index contributed by atoms with van der Waals surface area (Å²) >= 11 is 0. The molecule has 2 aromatic heterocycles. The molecule has 0 radical (unpaired) electrons. The Kier molecular flexibility index (Phi) is 4.04. The van der Waals surface area contributed by atoms with Crippen molar-refractivity contribution in [2.45, 2.75) is 13.3 Å². The van der Waals surface area contributed by atoms with Crippen molar-refractivity contribution < 1.29 is 4.92 Å². The number of rotatable bonds is 4. The third-order valence-electron chi connectivity index (χ3n) is 4.55. The molecule has 0 amide bonds. The summed E-state index contributed by atoms with van der Waals surface area (Å²) in [5.74, 6) is 0. The topological polar surface area (TPSA) is 93.3 Å². The van der Waals surface area contributed by atoms with Gasteiger partial charge in [0.25, 0.3) is 11.2 Å². The maximum Gasteiger partial charge on any atom is 0.274 e. The van der Waals surface area contributed by atoms with Gasteiger partial charge >= 0.3 is 0 Å². The van der Waals surface area contributed by atoms with Crippen molar-refractivity contribution in [3.63, 3.8) is 0 Å². The first-order valence-corrected chi connectivity index (χ1v) is 8.43. The molecule has 2 aromatic carbocycles. The number of nitrogens with one attached hydrogen (secondary N) is 1. The molecule has 0 fully saturated rings. The zero-order chi connectivity index (χ0) is 19.0. The van der Waals surface area contributed by atoms with Crippen LogP contribution < -0.4 is 5.56 Å². The Balaban J connectivity index is 1.78. The van der Waals surface area contributed by atoms with Gasteiger partial charge in [-0.25, -0.2) is 0 Å². The van der Waals surface area contributed by atoms with E-state index in [0.29, 0.717) is 23.3 Å². The minimum atomic E-state index is -0.452. The lowest BCUT2D eigenvalue weighted by atomic mass is 10.1. The van der Waals surface area contributed by atoms with E-state index in [4.69, 9.17) is 0 Å². The normalized spacial score (nSPS) is 11.0. The Hall–Kier alpha value is -3.74. The largest absolute Gasteiger partial charge is 0.339 e. The molecule has 0 aliphatic heterocycles. The zero-order valence-corrected chi connectivity index (χ0v) is 14.5. The minimum absolute atomic E-state index is 0.00727. The predicted molar refractivity (Wildman–Crippen MR) is 102 cm³/mol. The van der Waals surface area contributed by atoms with Crippen LogP contribution in [0.4, 0.5) is 5.69 Å². The number of nitrogens with zero attached hydrogens (tertiary/aromatic N) is 3. The molecule has 27 heavy (non-hydrogen) atoms. The van der Waals surface area contributed by atoms with E-state index in [1.165, 1.54) is 22.7 Å². The Morgan fingerprint density at radius 3 is 2.48 bits per heavy atom. The Bertz CT molecular complexity index is 1190. The number of aromatic nitrogens is 3. The number of aryl methyl sites for hydroxylation is 1. The molecular weight excluding hydrogens is 344 g/mol. The first-order chi connectivity index (χ1) is 13.0. The summed E-state index contributed by atoms with van der Waals surface area (Å²) < 4.78 is 1.36. The van der Waals surface area contributed by atoms with Gasteiger partial charge in [0.05, 0.1) is 16.3 Å². The van der Waals surface area contributed by atoms with E-state index in [1.807, 2.05) is 37.3 Å². The molecule has 0 atom stereocenters. The van der Waals surface area contributed by atoms with Gasteiger partial charge in [0.2, 0.25) is 0 Å². The summed E-state index contributed by atoms with van der Waals surface area (Å²) in [4.78, 5) is 26.1. The molecule has 7 heteroatoms. The lowest BCUT2D eigenvalue weighted by molar-refractivity contribution is -0.384. The number of fused-ring (bicyclic) bond motifs is 1. The first kappa shape index (κ1) is 16.7. The quantitative estimate of drug-likeness (QED) is 0.445. The highest BCUT2D eigenvalue weighted by Crippen LogP contribution is 2.22. The number of hydrogen-bond acceptors (Lipinski definition) is 4. The van der Waals surface area contributed by atoms with Gasteiger partial charge in [0.1, 0.15) is 5.65 Å². The highest BCUT2D eigenvalue weighted by molar-refractivity contribution is 5.64. The molecule has 0 bridgehead atoms. The minimum Gasteiger partial charge on any atom is -0.339 e. The van der Waals surface area contributed by atoms with Crippen LogP contribution in [0.3, 0.4) is 0 Å². The van der Waals surface area contributed by atoms with E-state index < -0.39 is 4.92 Å². The molecule has 134 valence electrons. The van der Waals surface area contributed by atoms with Crippen LogP contribution in [-0.2, 0) is 6.42 Å². The summed E-state index contributed by atoms with van der Waals surface area (Å²) in [7, 11) is 0. The van der Waals surface area contributed by atoms with Crippen LogP contribution >= 0.6 is 0 Å². The summed E-state index contributed by atoms with van der Waals surface area (Å²) in [5, 5.41) is 15.3. The van der Waals surface area contributed by atoms with Crippen molar-refractivity contribution >= 4 is 11.3 Å². The van der Waals surface area contributed by atoms with Crippen LogP contribution in [0.2, 0.25) is 0 Å². The molecule has 0 saturated heterocycles. The van der Waals surface area contributed by atoms with E-state index in [2.05, 4.69) is 10.1 Å². The first-order valence-electron chi connectivity index (χ1n) is 8.43. The lowest BCUT2D eigenvalue weighted by Gasteiger charge is -2.03. The fraction of sp³-hybridized carbons (Fsp3) is 0.100. The molecular formula is C20H16N4O3. The number of nitro benzene ring substituents is 1. The number of H-pyrrole nitrogens is 1. The second-order valence-electron chi connectivity index (χ2n) is 6.32. The van der Waals surface area contributed by atoms with Gasteiger partial charge in [-0.15, -0.1) is 0 Å². The molecule has 4 rings (SSSR count). The number of aromatic amines is 1. The standard InChI is InChI=1S/C20H16N4O3/c1-13-17(11-14-5-3-2-4-6-14)22-23-19(25)12-18(21-20(13)23)15-7-9-16(10-8-15)24(26)27/h2-10,12,21H,11H2,1H3. The van der Waals surface area contributed by atoms with Gasteiger partial charge < -0.3 is 4.98 Å². The smallest absolute Gasteiger partial charge is 0.274 e. The van der Waals surface area contributed by atoms with Gasteiger partial charge in [0, 0.05) is 30.2 Å². The fourth-order valence-corrected chi connectivity index (χ4v) is 3.07. The van der Waals surface area contributed by atoms with Crippen LogP contribution in [-0.4, -0.2) is 19.5 Å². The van der Waals surface area contributed by atoms with Crippen molar-refractivity contribution in [1.29, 1.82) is 0 Å². The lowest BCUT2D eigenvalue weighted by Crippen LogP contribution is -2.14. The highest BCUT2D eigenvalue weighted by atomic mass is 16.6. The number of nitro groups is 1. The van der Waals surface area contributed by atoms with Crippen LogP contribution in [0, 0.1) is 17.0 Å². The van der Waals surface area contributed by atoms with E-state index in [1.54, 1.807) is 12.1 Å². The van der Waals surface area contributed by atoms with Gasteiger partial charge in [0.15, 0.2) is 0 Å². The van der Waals surface area contributed by atoms with E-state index >= 15 is 0 Å². The number of benzene rings is 2. The third-order valence-corrected chi connectivity index (χ3v) is 4.55. The number of hydrogen-bond donors (Lipinski definition) is 1. The van der Waals surface area contributed by atoms with Crippen LogP contribution in [0.5, 0.6) is 0 Å². The molecule has 0 aliphatic carbocycles. The number of non-ortho nitro benzene ring substituents is 1. The van der Waals surface area contributed by atoms with Crippen molar-refractivity contribution in [2.24, 2.45) is 0 Å². The maximum absolute atomic E-state index is 12.5. The van der Waals surface area contributed by atoms with Gasteiger partial charge in [-0.3, -0.25) is 14.9 Å². The van der Waals surface area contributed by atoms with Gasteiger partial charge in [-0.2, -0.15) is 9.61 Å². The summed E-state index contributed by atoms with van der Waals surface area (Å²) in [6.07, 6.45) is 0.633. The summed E-state index contributed by atoms with van der Waals surface area (Å²) in [6.45, 7) is 1.93. The van der Waals surface area contributed by atoms with E-state index in [0.717, 1.165) is 16.8 Å². The molecule has 4 aromatic rings. The molecule has 2 heterocycles. The molecule has 0 saturated carbocycles. The second kappa shape index (κ2) is 6.53. The summed E-state index contributed by atoms with van der Waals surface area (Å²) in [6, 6.07) is 17.5. The molecule has 7 nitrogen and oxygen atoms in total. The van der Waals surface area contributed by atoms with Crippen LogP contribution in [0.1, 0.15) is 16.8 Å². The highest BCUT2D eigenvalue weighted by Gasteiger charge is 2.14. The SMILES string of the molecule is Cc1c(Cc2ccccc2)nn2c(=O)cc(-c3ccc([N+](=O)[O-])cc3)[nH]c12. The fourth-order valence-electron chi connectivity index (χ4n) is 3.07. The van der Waals surface area contributed by atoms with Crippen LogP contribution in [0.15, 0.2) is 65.5 Å². The Morgan fingerprint density at radius 2 is 1.81 bits per heavy atom. The molecule has 1 N–H and O–H groups in total. The maximum atomic E-state index is 12.5. The Morgan fingerprint density at radius 1 is 1.11 bits per heavy atom. The van der Waals surface area contributed by atoms with Crippen molar-refractivity contribution in [3.8, 4) is 11.3 Å². The third kappa shape index (κ3) is 3.10. The van der Waals surface area contributed by atoms with Crippen LogP contribution in [0.25, 0.3) is 16.9 Å². The molecule has 0 unspecified atom stereocenters. The van der Waals surface area contributed by atoms with Crippen molar-refractivity contribution in [2.75, 3.05) is 0 Å². The average molecular weight is 360 g/mol. The van der Waals surface area contributed by atoms with Crippen molar-refractivity contribution in [3.05, 3.63) is 98.0 Å². The summed E-state index contributed by atoms with van der Waals surface area (Å²) in [5.41, 5.74) is 4.53. The van der Waals surface area contributed by atoms with E-state index in [9.17, 15) is 14.9 Å².